The average molecular weight is 507 g/mol. The van der Waals surface area contributed by atoms with Gasteiger partial charge in [-0.3, -0.25) is 4.99 Å². The van der Waals surface area contributed by atoms with Crippen LogP contribution in [0.2, 0.25) is 0 Å². The number of aliphatic imine (C=N–C) groups is 1. The summed E-state index contributed by atoms with van der Waals surface area (Å²) in [4.78, 5) is 7.43. The Kier molecular flexibility index (Phi) is 10.9. The Labute approximate surface area is 189 Å². The summed E-state index contributed by atoms with van der Waals surface area (Å²) in [5.74, 6) is 1.83. The predicted molar refractivity (Wildman–Crippen MR) is 129 cm³/mol. The molecular formula is C22H43IN4O. The quantitative estimate of drug-likeness (QED) is 0.291. The van der Waals surface area contributed by atoms with E-state index in [1.54, 1.807) is 0 Å². The summed E-state index contributed by atoms with van der Waals surface area (Å²) in [6.07, 6.45) is 14.9. The van der Waals surface area contributed by atoms with Crippen molar-refractivity contribution in [3.8, 4) is 0 Å². The Morgan fingerprint density at radius 1 is 1.00 bits per heavy atom. The van der Waals surface area contributed by atoms with E-state index >= 15 is 0 Å². The van der Waals surface area contributed by atoms with Crippen LogP contribution >= 0.6 is 24.0 Å². The summed E-state index contributed by atoms with van der Waals surface area (Å²) < 4.78 is 0. The van der Waals surface area contributed by atoms with Crippen LogP contribution in [0.25, 0.3) is 0 Å². The van der Waals surface area contributed by atoms with Crippen LogP contribution in [0, 0.1) is 5.92 Å². The SMILES string of the molecule is CCNC(=NCC1(O)CCCCC1)NC1CCN(CC2CCCCC2)CC1.I. The normalized spacial score (nSPS) is 25.1. The first-order chi connectivity index (χ1) is 13.2. The number of guanidine groups is 1. The molecule has 2 aliphatic carbocycles. The second kappa shape index (κ2) is 12.6. The van der Waals surface area contributed by atoms with Crippen molar-refractivity contribution in [2.45, 2.75) is 95.6 Å². The Morgan fingerprint density at radius 3 is 2.29 bits per heavy atom. The lowest BCUT2D eigenvalue weighted by Crippen LogP contribution is -2.50. The summed E-state index contributed by atoms with van der Waals surface area (Å²) in [5.41, 5.74) is -0.579. The van der Waals surface area contributed by atoms with Crippen molar-refractivity contribution in [3.63, 3.8) is 0 Å². The molecule has 0 aromatic heterocycles. The first-order valence-electron chi connectivity index (χ1n) is 11.7. The van der Waals surface area contributed by atoms with E-state index in [9.17, 15) is 5.11 Å². The Bertz CT molecular complexity index is 453. The highest BCUT2D eigenvalue weighted by molar-refractivity contribution is 14.0. The topological polar surface area (TPSA) is 59.9 Å². The maximum Gasteiger partial charge on any atom is 0.191 e. The molecule has 2 saturated carbocycles. The molecule has 1 heterocycles. The number of aliphatic hydroxyl groups is 1. The molecule has 28 heavy (non-hydrogen) atoms. The van der Waals surface area contributed by atoms with Crippen molar-refractivity contribution in [1.29, 1.82) is 0 Å². The molecule has 3 aliphatic rings. The van der Waals surface area contributed by atoms with Gasteiger partial charge in [0.15, 0.2) is 5.96 Å². The second-order valence-corrected chi connectivity index (χ2v) is 9.20. The lowest BCUT2D eigenvalue weighted by Gasteiger charge is -2.36. The number of piperidine rings is 1. The highest BCUT2D eigenvalue weighted by Gasteiger charge is 2.29. The number of rotatable bonds is 6. The first-order valence-corrected chi connectivity index (χ1v) is 11.7. The molecular weight excluding hydrogens is 463 g/mol. The van der Waals surface area contributed by atoms with Gasteiger partial charge in [-0.1, -0.05) is 38.5 Å². The van der Waals surface area contributed by atoms with Gasteiger partial charge < -0.3 is 20.6 Å². The van der Waals surface area contributed by atoms with Crippen molar-refractivity contribution < 1.29 is 5.11 Å². The zero-order chi connectivity index (χ0) is 19.0. The van der Waals surface area contributed by atoms with Crippen molar-refractivity contribution >= 4 is 29.9 Å². The maximum absolute atomic E-state index is 10.7. The van der Waals surface area contributed by atoms with Gasteiger partial charge in [-0.05, 0) is 51.4 Å². The molecule has 3 fully saturated rings. The maximum atomic E-state index is 10.7. The van der Waals surface area contributed by atoms with Crippen molar-refractivity contribution in [3.05, 3.63) is 0 Å². The predicted octanol–water partition coefficient (Wildman–Crippen LogP) is 3.90. The average Bonchev–Trinajstić information content (AvgIpc) is 2.69. The lowest BCUT2D eigenvalue weighted by atomic mass is 9.85. The van der Waals surface area contributed by atoms with E-state index in [1.807, 2.05) is 0 Å². The van der Waals surface area contributed by atoms with E-state index < -0.39 is 5.60 Å². The molecule has 3 N–H and O–H groups in total. The summed E-state index contributed by atoms with van der Waals surface area (Å²) in [6.45, 7) is 7.23. The largest absolute Gasteiger partial charge is 0.388 e. The van der Waals surface area contributed by atoms with Gasteiger partial charge in [0.2, 0.25) is 0 Å². The van der Waals surface area contributed by atoms with Gasteiger partial charge in [0.1, 0.15) is 0 Å². The summed E-state index contributed by atoms with van der Waals surface area (Å²) in [6, 6.07) is 0.506. The number of halogens is 1. The molecule has 5 nitrogen and oxygen atoms in total. The molecule has 0 atom stereocenters. The molecule has 0 aromatic rings. The minimum absolute atomic E-state index is 0. The van der Waals surface area contributed by atoms with E-state index in [2.05, 4.69) is 22.5 Å². The molecule has 0 aromatic carbocycles. The van der Waals surface area contributed by atoms with Gasteiger partial charge in [0, 0.05) is 32.2 Å². The fraction of sp³-hybridized carbons (Fsp3) is 0.955. The van der Waals surface area contributed by atoms with Crippen LogP contribution in [0.4, 0.5) is 0 Å². The van der Waals surface area contributed by atoms with E-state index in [0.717, 1.165) is 44.1 Å². The Balaban J connectivity index is 0.00000280. The molecule has 1 aliphatic heterocycles. The first kappa shape index (κ1) is 24.2. The fourth-order valence-electron chi connectivity index (χ4n) is 5.10. The minimum Gasteiger partial charge on any atom is -0.388 e. The second-order valence-electron chi connectivity index (χ2n) is 9.20. The number of likely N-dealkylation sites (tertiary alicyclic amines) is 1. The standard InChI is InChI=1S/C22H42N4O.HI/c1-2-23-21(24-18-22(27)13-7-4-8-14-22)25-20-11-15-26(16-12-20)17-19-9-5-3-6-10-19;/h19-20,27H,2-18H2,1H3,(H2,23,24,25);1H. The van der Waals surface area contributed by atoms with Crippen LogP contribution < -0.4 is 10.6 Å². The van der Waals surface area contributed by atoms with Gasteiger partial charge in [-0.25, -0.2) is 0 Å². The highest BCUT2D eigenvalue weighted by Crippen LogP contribution is 2.28. The van der Waals surface area contributed by atoms with Crippen LogP contribution in [0.5, 0.6) is 0 Å². The van der Waals surface area contributed by atoms with Gasteiger partial charge >= 0.3 is 0 Å². The number of nitrogens with one attached hydrogen (secondary N) is 2. The summed E-state index contributed by atoms with van der Waals surface area (Å²) in [7, 11) is 0. The molecule has 0 spiro atoms. The molecule has 1 saturated heterocycles. The number of nitrogens with zero attached hydrogens (tertiary/aromatic N) is 2. The summed E-state index contributed by atoms with van der Waals surface area (Å²) >= 11 is 0. The highest BCUT2D eigenvalue weighted by atomic mass is 127. The van der Waals surface area contributed by atoms with Gasteiger partial charge in [0.05, 0.1) is 12.1 Å². The smallest absolute Gasteiger partial charge is 0.191 e. The zero-order valence-electron chi connectivity index (χ0n) is 17.9. The zero-order valence-corrected chi connectivity index (χ0v) is 20.3. The van der Waals surface area contributed by atoms with Crippen molar-refractivity contribution in [2.75, 3.05) is 32.7 Å². The fourth-order valence-corrected chi connectivity index (χ4v) is 5.10. The van der Waals surface area contributed by atoms with Crippen LogP contribution in [0.15, 0.2) is 4.99 Å². The molecule has 0 bridgehead atoms. The third kappa shape index (κ3) is 7.98. The lowest BCUT2D eigenvalue weighted by molar-refractivity contribution is 0.0131. The Morgan fingerprint density at radius 2 is 1.64 bits per heavy atom. The van der Waals surface area contributed by atoms with E-state index in [4.69, 9.17) is 4.99 Å². The summed E-state index contributed by atoms with van der Waals surface area (Å²) in [5, 5.41) is 17.7. The van der Waals surface area contributed by atoms with Gasteiger partial charge in [-0.2, -0.15) is 0 Å². The minimum atomic E-state index is -0.579. The van der Waals surface area contributed by atoms with Gasteiger partial charge in [-0.15, -0.1) is 24.0 Å². The van der Waals surface area contributed by atoms with Crippen molar-refractivity contribution in [1.82, 2.24) is 15.5 Å². The van der Waals surface area contributed by atoms with Crippen molar-refractivity contribution in [2.24, 2.45) is 10.9 Å². The monoisotopic (exact) mass is 506 g/mol. The molecule has 0 amide bonds. The molecule has 6 heteroatoms. The molecule has 0 radical (unpaired) electrons. The van der Waals surface area contributed by atoms with Crippen LogP contribution in [0.1, 0.15) is 84.0 Å². The van der Waals surface area contributed by atoms with Crippen LogP contribution in [-0.4, -0.2) is 60.3 Å². The van der Waals surface area contributed by atoms with Crippen LogP contribution in [0.3, 0.4) is 0 Å². The molecule has 0 unspecified atom stereocenters. The number of hydrogen-bond donors (Lipinski definition) is 3. The molecule has 164 valence electrons. The molecule has 3 rings (SSSR count). The number of hydrogen-bond acceptors (Lipinski definition) is 3. The van der Waals surface area contributed by atoms with Gasteiger partial charge in [0.25, 0.3) is 0 Å². The van der Waals surface area contributed by atoms with E-state index in [0.29, 0.717) is 12.6 Å². The third-order valence-corrected chi connectivity index (χ3v) is 6.83. The Hall–Kier alpha value is -0.0800. The van der Waals surface area contributed by atoms with E-state index in [-0.39, 0.29) is 24.0 Å². The van der Waals surface area contributed by atoms with E-state index in [1.165, 1.54) is 71.0 Å². The third-order valence-electron chi connectivity index (χ3n) is 6.83. The van der Waals surface area contributed by atoms with Crippen LogP contribution in [-0.2, 0) is 0 Å².